The molecule has 15 heavy (non-hydrogen) atoms. The van der Waals surface area contributed by atoms with Gasteiger partial charge in [0.2, 0.25) is 0 Å². The third-order valence-corrected chi connectivity index (χ3v) is 2.08. The standard InChI is InChI=1S/C10H8Cl2O3/c11-4-1-5-15-9-3-2-7(10(13)14)6-8(9)12/h1-4,6H,5H2,(H,13,14). The van der Waals surface area contributed by atoms with Crippen LogP contribution in [0.15, 0.2) is 29.8 Å². The van der Waals surface area contributed by atoms with Gasteiger partial charge in [-0.3, -0.25) is 0 Å². The van der Waals surface area contributed by atoms with Gasteiger partial charge in [0, 0.05) is 5.54 Å². The van der Waals surface area contributed by atoms with E-state index < -0.39 is 5.97 Å². The van der Waals surface area contributed by atoms with Gasteiger partial charge in [-0.05, 0) is 24.3 Å². The lowest BCUT2D eigenvalue weighted by atomic mass is 10.2. The lowest BCUT2D eigenvalue weighted by Gasteiger charge is -2.05. The van der Waals surface area contributed by atoms with Gasteiger partial charge < -0.3 is 9.84 Å². The van der Waals surface area contributed by atoms with Crippen molar-refractivity contribution in [2.24, 2.45) is 0 Å². The Morgan fingerprint density at radius 2 is 2.27 bits per heavy atom. The summed E-state index contributed by atoms with van der Waals surface area (Å²) in [6, 6.07) is 4.27. The van der Waals surface area contributed by atoms with Crippen molar-refractivity contribution >= 4 is 29.2 Å². The minimum atomic E-state index is -1.02. The molecule has 80 valence electrons. The number of carbonyl (C=O) groups is 1. The summed E-state index contributed by atoms with van der Waals surface area (Å²) in [7, 11) is 0. The van der Waals surface area contributed by atoms with Gasteiger partial charge in [0.05, 0.1) is 10.6 Å². The predicted octanol–water partition coefficient (Wildman–Crippen LogP) is 3.17. The second kappa shape index (κ2) is 5.63. The first kappa shape index (κ1) is 11.9. The van der Waals surface area contributed by atoms with Crippen LogP contribution in [-0.4, -0.2) is 17.7 Å². The highest BCUT2D eigenvalue weighted by molar-refractivity contribution is 6.32. The predicted molar refractivity (Wildman–Crippen MR) is 58.9 cm³/mol. The van der Waals surface area contributed by atoms with E-state index in [0.29, 0.717) is 5.75 Å². The van der Waals surface area contributed by atoms with Crippen molar-refractivity contribution in [3.05, 3.63) is 40.4 Å². The first-order valence-corrected chi connectivity index (χ1v) is 4.87. The number of hydrogen-bond acceptors (Lipinski definition) is 2. The molecule has 0 saturated carbocycles. The summed E-state index contributed by atoms with van der Waals surface area (Å²) in [6.07, 6.45) is 1.60. The van der Waals surface area contributed by atoms with Crippen LogP contribution in [0.4, 0.5) is 0 Å². The fraction of sp³-hybridized carbons (Fsp3) is 0.100. The number of halogens is 2. The summed E-state index contributed by atoms with van der Waals surface area (Å²) in [6.45, 7) is 0.287. The van der Waals surface area contributed by atoms with Crippen LogP contribution in [0.5, 0.6) is 5.75 Å². The lowest BCUT2D eigenvalue weighted by molar-refractivity contribution is 0.0697. The van der Waals surface area contributed by atoms with Crippen molar-refractivity contribution in [1.82, 2.24) is 0 Å². The van der Waals surface area contributed by atoms with Crippen molar-refractivity contribution in [2.45, 2.75) is 0 Å². The van der Waals surface area contributed by atoms with E-state index in [1.54, 1.807) is 6.08 Å². The van der Waals surface area contributed by atoms with E-state index in [4.69, 9.17) is 33.0 Å². The molecule has 1 aromatic rings. The molecule has 1 rings (SSSR count). The molecule has 0 radical (unpaired) electrons. The molecule has 0 bridgehead atoms. The minimum absolute atomic E-state index is 0.125. The van der Waals surface area contributed by atoms with Crippen molar-refractivity contribution in [1.29, 1.82) is 0 Å². The van der Waals surface area contributed by atoms with Gasteiger partial charge >= 0.3 is 5.97 Å². The largest absolute Gasteiger partial charge is 0.488 e. The van der Waals surface area contributed by atoms with Crippen LogP contribution in [0.3, 0.4) is 0 Å². The quantitative estimate of drug-likeness (QED) is 0.888. The highest BCUT2D eigenvalue weighted by atomic mass is 35.5. The van der Waals surface area contributed by atoms with E-state index in [0.717, 1.165) is 0 Å². The van der Waals surface area contributed by atoms with Crippen LogP contribution >= 0.6 is 23.2 Å². The van der Waals surface area contributed by atoms with Gasteiger partial charge in [-0.25, -0.2) is 4.79 Å². The summed E-state index contributed by atoms with van der Waals surface area (Å²) in [5.74, 6) is -0.597. The molecule has 1 aromatic carbocycles. The fourth-order valence-corrected chi connectivity index (χ4v) is 1.23. The smallest absolute Gasteiger partial charge is 0.335 e. The Labute approximate surface area is 96.9 Å². The van der Waals surface area contributed by atoms with Crippen LogP contribution in [0.2, 0.25) is 5.02 Å². The summed E-state index contributed by atoms with van der Waals surface area (Å²) in [5, 5.41) is 8.95. The zero-order valence-electron chi connectivity index (χ0n) is 7.61. The Balaban J connectivity index is 2.79. The number of benzene rings is 1. The highest BCUT2D eigenvalue weighted by Gasteiger charge is 2.07. The Morgan fingerprint density at radius 3 is 2.80 bits per heavy atom. The molecule has 0 amide bonds. The normalized spacial score (nSPS) is 10.5. The first-order chi connectivity index (χ1) is 7.15. The molecule has 0 aliphatic carbocycles. The molecular weight excluding hydrogens is 239 g/mol. The minimum Gasteiger partial charge on any atom is -0.488 e. The molecule has 0 atom stereocenters. The van der Waals surface area contributed by atoms with Gasteiger partial charge in [0.1, 0.15) is 12.4 Å². The van der Waals surface area contributed by atoms with E-state index in [2.05, 4.69) is 0 Å². The number of rotatable bonds is 4. The average molecular weight is 247 g/mol. The number of ether oxygens (including phenoxy) is 1. The summed E-state index contributed by atoms with van der Waals surface area (Å²) in [4.78, 5) is 10.6. The van der Waals surface area contributed by atoms with Crippen LogP contribution in [-0.2, 0) is 0 Å². The Hall–Kier alpha value is -1.19. The number of carboxylic acid groups (broad SMARTS) is 1. The Kier molecular flexibility index (Phi) is 4.46. The fourth-order valence-electron chi connectivity index (χ4n) is 0.925. The molecule has 1 N–H and O–H groups in total. The summed E-state index contributed by atoms with van der Waals surface area (Å²) < 4.78 is 5.22. The Bertz CT molecular complexity index is 388. The molecule has 0 fully saturated rings. The lowest BCUT2D eigenvalue weighted by Crippen LogP contribution is -1.98. The van der Waals surface area contributed by atoms with E-state index in [1.165, 1.54) is 23.7 Å². The number of aromatic carboxylic acids is 1. The summed E-state index contributed by atoms with van der Waals surface area (Å²) >= 11 is 11.1. The molecule has 5 heteroatoms. The molecular formula is C10H8Cl2O3. The zero-order chi connectivity index (χ0) is 11.3. The third-order valence-electron chi connectivity index (χ3n) is 1.60. The molecule has 0 unspecified atom stereocenters. The molecule has 0 saturated heterocycles. The zero-order valence-corrected chi connectivity index (χ0v) is 9.13. The van der Waals surface area contributed by atoms with Crippen molar-refractivity contribution in [3.63, 3.8) is 0 Å². The van der Waals surface area contributed by atoms with Crippen LogP contribution in [0, 0.1) is 0 Å². The molecule has 0 aromatic heterocycles. The third kappa shape index (κ3) is 3.46. The van der Waals surface area contributed by atoms with Gasteiger partial charge in [0.25, 0.3) is 0 Å². The van der Waals surface area contributed by atoms with Crippen molar-refractivity contribution < 1.29 is 14.6 Å². The summed E-state index contributed by atoms with van der Waals surface area (Å²) in [5.41, 5.74) is 1.46. The average Bonchev–Trinajstić information content (AvgIpc) is 2.20. The highest BCUT2D eigenvalue weighted by Crippen LogP contribution is 2.25. The maximum atomic E-state index is 10.6. The SMILES string of the molecule is O=C(O)c1ccc(OCC=CCl)c(Cl)c1. The molecule has 0 aliphatic heterocycles. The molecule has 3 nitrogen and oxygen atoms in total. The first-order valence-electron chi connectivity index (χ1n) is 4.06. The van der Waals surface area contributed by atoms with Gasteiger partial charge in [0.15, 0.2) is 0 Å². The van der Waals surface area contributed by atoms with E-state index in [1.807, 2.05) is 0 Å². The van der Waals surface area contributed by atoms with Crippen LogP contribution in [0.1, 0.15) is 10.4 Å². The van der Waals surface area contributed by atoms with Crippen molar-refractivity contribution in [2.75, 3.05) is 6.61 Å². The van der Waals surface area contributed by atoms with E-state index in [-0.39, 0.29) is 17.2 Å². The molecule has 0 heterocycles. The van der Waals surface area contributed by atoms with Gasteiger partial charge in [-0.1, -0.05) is 23.2 Å². The Morgan fingerprint density at radius 1 is 1.53 bits per heavy atom. The van der Waals surface area contributed by atoms with Crippen LogP contribution < -0.4 is 4.74 Å². The van der Waals surface area contributed by atoms with E-state index >= 15 is 0 Å². The molecule has 0 spiro atoms. The monoisotopic (exact) mass is 246 g/mol. The van der Waals surface area contributed by atoms with Crippen molar-refractivity contribution in [3.8, 4) is 5.75 Å². The topological polar surface area (TPSA) is 46.5 Å². The van der Waals surface area contributed by atoms with Gasteiger partial charge in [-0.2, -0.15) is 0 Å². The van der Waals surface area contributed by atoms with E-state index in [9.17, 15) is 4.79 Å². The van der Waals surface area contributed by atoms with Crippen LogP contribution in [0.25, 0.3) is 0 Å². The second-order valence-electron chi connectivity index (χ2n) is 2.62. The maximum Gasteiger partial charge on any atom is 0.335 e. The van der Waals surface area contributed by atoms with Gasteiger partial charge in [-0.15, -0.1) is 0 Å². The number of hydrogen-bond donors (Lipinski definition) is 1. The number of carboxylic acids is 1. The maximum absolute atomic E-state index is 10.6. The molecule has 0 aliphatic rings. The second-order valence-corrected chi connectivity index (χ2v) is 3.28.